The van der Waals surface area contributed by atoms with E-state index in [-0.39, 0.29) is 5.78 Å². The lowest BCUT2D eigenvalue weighted by Gasteiger charge is -2.24. The zero-order valence-corrected chi connectivity index (χ0v) is 11.4. The van der Waals surface area contributed by atoms with E-state index in [0.29, 0.717) is 17.7 Å². The fourth-order valence-electron chi connectivity index (χ4n) is 1.67. The number of methoxy groups -OCH3 is 1. The van der Waals surface area contributed by atoms with Crippen molar-refractivity contribution in [3.05, 3.63) is 29.8 Å². The van der Waals surface area contributed by atoms with Crippen molar-refractivity contribution in [2.24, 2.45) is 5.41 Å². The second-order valence-electron chi connectivity index (χ2n) is 4.94. The van der Waals surface area contributed by atoms with Gasteiger partial charge >= 0.3 is 0 Å². The summed E-state index contributed by atoms with van der Waals surface area (Å²) in [4.78, 5) is 12.4. The van der Waals surface area contributed by atoms with Gasteiger partial charge in [-0.05, 0) is 24.1 Å². The van der Waals surface area contributed by atoms with Crippen LogP contribution >= 0.6 is 0 Å². The molecule has 0 aliphatic carbocycles. The third-order valence-electron chi connectivity index (χ3n) is 3.37. The lowest BCUT2D eigenvalue weighted by Crippen LogP contribution is -2.28. The van der Waals surface area contributed by atoms with Crippen molar-refractivity contribution in [2.45, 2.75) is 33.1 Å². The molecule has 0 spiro atoms. The van der Waals surface area contributed by atoms with E-state index in [2.05, 4.69) is 6.07 Å². The maximum atomic E-state index is 12.4. The molecule has 0 heterocycles. The van der Waals surface area contributed by atoms with Crippen molar-refractivity contribution in [1.29, 1.82) is 5.26 Å². The Morgan fingerprint density at radius 2 is 2.17 bits per heavy atom. The van der Waals surface area contributed by atoms with E-state index in [1.807, 2.05) is 20.8 Å². The van der Waals surface area contributed by atoms with E-state index in [9.17, 15) is 10.1 Å². The van der Waals surface area contributed by atoms with Crippen molar-refractivity contribution < 1.29 is 9.53 Å². The van der Waals surface area contributed by atoms with Gasteiger partial charge in [-0.25, -0.2) is 0 Å². The smallest absolute Gasteiger partial charge is 0.160 e. The normalized spacial score (nSPS) is 12.6. The van der Waals surface area contributed by atoms with Gasteiger partial charge in [0.25, 0.3) is 0 Å². The lowest BCUT2D eigenvalue weighted by atomic mass is 9.77. The van der Waals surface area contributed by atoms with Crippen LogP contribution in [-0.2, 0) is 4.79 Å². The molecule has 1 unspecified atom stereocenters. The zero-order valence-electron chi connectivity index (χ0n) is 11.4. The van der Waals surface area contributed by atoms with Crippen molar-refractivity contribution in [3.8, 4) is 11.8 Å². The van der Waals surface area contributed by atoms with Crippen LogP contribution in [0.2, 0.25) is 0 Å². The van der Waals surface area contributed by atoms with Crippen LogP contribution in [0.3, 0.4) is 0 Å². The predicted octanol–water partition coefficient (Wildman–Crippen LogP) is 3.31. The summed E-state index contributed by atoms with van der Waals surface area (Å²) < 4.78 is 5.12. The summed E-state index contributed by atoms with van der Waals surface area (Å²) in [6.45, 7) is 5.71. The Morgan fingerprint density at radius 1 is 1.50 bits per heavy atom. The maximum absolute atomic E-state index is 12.4. The average molecular weight is 245 g/mol. The molecule has 0 aromatic heterocycles. The molecular weight excluding hydrogens is 226 g/mol. The first-order chi connectivity index (χ1) is 8.46. The highest BCUT2D eigenvalue weighted by Gasteiger charge is 2.33. The highest BCUT2D eigenvalue weighted by atomic mass is 16.5. The van der Waals surface area contributed by atoms with Crippen LogP contribution in [0.15, 0.2) is 24.3 Å². The van der Waals surface area contributed by atoms with Crippen LogP contribution in [0.4, 0.5) is 0 Å². The first-order valence-electron chi connectivity index (χ1n) is 6.04. The van der Waals surface area contributed by atoms with Crippen molar-refractivity contribution in [1.82, 2.24) is 0 Å². The fourth-order valence-corrected chi connectivity index (χ4v) is 1.67. The Hall–Kier alpha value is -1.82. The molecule has 0 N–H and O–H groups in total. The number of nitrogens with zero attached hydrogens (tertiary/aromatic N) is 1. The van der Waals surface area contributed by atoms with Gasteiger partial charge in [0.05, 0.1) is 13.2 Å². The third-order valence-corrected chi connectivity index (χ3v) is 3.37. The molecule has 1 aromatic carbocycles. The summed E-state index contributed by atoms with van der Waals surface area (Å²) in [7, 11) is 1.57. The van der Waals surface area contributed by atoms with Crippen LogP contribution in [-0.4, -0.2) is 12.9 Å². The Balaban J connectivity index is 3.11. The topological polar surface area (TPSA) is 50.1 Å². The second kappa shape index (κ2) is 5.68. The molecule has 1 atom stereocenters. The van der Waals surface area contributed by atoms with Gasteiger partial charge in [-0.1, -0.05) is 32.9 Å². The van der Waals surface area contributed by atoms with Crippen molar-refractivity contribution in [3.63, 3.8) is 0 Å². The first-order valence-corrected chi connectivity index (χ1v) is 6.04. The molecule has 3 nitrogen and oxygen atoms in total. The van der Waals surface area contributed by atoms with E-state index < -0.39 is 11.3 Å². The molecule has 0 bridgehead atoms. The second-order valence-corrected chi connectivity index (χ2v) is 4.94. The SMILES string of the molecule is CCC(C)(C)C(=O)C(C#N)c1cccc(OC)c1. The quantitative estimate of drug-likeness (QED) is 0.799. The number of carbonyl (C=O) groups is 1. The summed E-state index contributed by atoms with van der Waals surface area (Å²) in [5, 5.41) is 9.26. The summed E-state index contributed by atoms with van der Waals surface area (Å²) in [5.74, 6) is -0.106. The van der Waals surface area contributed by atoms with Crippen molar-refractivity contribution in [2.75, 3.05) is 7.11 Å². The number of hydrogen-bond donors (Lipinski definition) is 0. The highest BCUT2D eigenvalue weighted by Crippen LogP contribution is 2.31. The molecule has 0 fully saturated rings. The number of hydrogen-bond acceptors (Lipinski definition) is 3. The molecule has 3 heteroatoms. The minimum Gasteiger partial charge on any atom is -0.497 e. The fraction of sp³-hybridized carbons (Fsp3) is 0.467. The summed E-state index contributed by atoms with van der Waals surface area (Å²) >= 11 is 0. The number of nitriles is 1. The molecule has 0 aliphatic rings. The minimum atomic E-state index is -0.727. The largest absolute Gasteiger partial charge is 0.497 e. The van der Waals surface area contributed by atoms with E-state index >= 15 is 0 Å². The molecule has 0 radical (unpaired) electrons. The molecule has 1 rings (SSSR count). The Labute approximate surface area is 108 Å². The average Bonchev–Trinajstić information content (AvgIpc) is 2.39. The predicted molar refractivity (Wildman–Crippen MR) is 70.4 cm³/mol. The van der Waals surface area contributed by atoms with Gasteiger partial charge in [0.15, 0.2) is 5.78 Å². The lowest BCUT2D eigenvalue weighted by molar-refractivity contribution is -0.127. The molecule has 96 valence electrons. The van der Waals surface area contributed by atoms with Gasteiger partial charge in [0, 0.05) is 5.41 Å². The zero-order chi connectivity index (χ0) is 13.8. The summed E-state index contributed by atoms with van der Waals surface area (Å²) in [6, 6.07) is 9.24. The van der Waals surface area contributed by atoms with Gasteiger partial charge < -0.3 is 4.74 Å². The van der Waals surface area contributed by atoms with Gasteiger partial charge in [0.2, 0.25) is 0 Å². The number of Topliss-reactive ketones (excluding diaryl/α,β-unsaturated/α-hetero) is 1. The van der Waals surface area contributed by atoms with Crippen LogP contribution in [0.5, 0.6) is 5.75 Å². The Morgan fingerprint density at radius 3 is 2.67 bits per heavy atom. The molecule has 0 aliphatic heterocycles. The van der Waals surface area contributed by atoms with E-state index in [1.54, 1.807) is 31.4 Å². The van der Waals surface area contributed by atoms with Gasteiger partial charge in [-0.2, -0.15) is 5.26 Å². The van der Waals surface area contributed by atoms with Crippen LogP contribution in [0, 0.1) is 16.7 Å². The molecule has 0 saturated carbocycles. The number of ether oxygens (including phenoxy) is 1. The van der Waals surface area contributed by atoms with Crippen molar-refractivity contribution >= 4 is 5.78 Å². The van der Waals surface area contributed by atoms with E-state index in [4.69, 9.17) is 4.74 Å². The monoisotopic (exact) mass is 245 g/mol. The van der Waals surface area contributed by atoms with Gasteiger partial charge in [-0.15, -0.1) is 0 Å². The summed E-state index contributed by atoms with van der Waals surface area (Å²) in [6.07, 6.45) is 0.716. The Bertz CT molecular complexity index is 472. The standard InChI is InChI=1S/C15H19NO2/c1-5-15(2,3)14(17)13(10-16)11-7-6-8-12(9-11)18-4/h6-9,13H,5H2,1-4H3. The van der Waals surface area contributed by atoms with E-state index in [1.165, 1.54) is 0 Å². The molecule has 18 heavy (non-hydrogen) atoms. The maximum Gasteiger partial charge on any atom is 0.160 e. The molecule has 0 amide bonds. The minimum absolute atomic E-state index is 0.0410. The molecule has 1 aromatic rings. The van der Waals surface area contributed by atoms with Crippen LogP contribution in [0.1, 0.15) is 38.7 Å². The highest BCUT2D eigenvalue weighted by molar-refractivity contribution is 5.92. The summed E-state index contributed by atoms with van der Waals surface area (Å²) in [5.41, 5.74) is 0.215. The van der Waals surface area contributed by atoms with E-state index in [0.717, 1.165) is 0 Å². The number of rotatable bonds is 5. The van der Waals surface area contributed by atoms with Gasteiger partial charge in [0.1, 0.15) is 11.7 Å². The third kappa shape index (κ3) is 2.89. The van der Waals surface area contributed by atoms with Gasteiger partial charge in [-0.3, -0.25) is 4.79 Å². The van der Waals surface area contributed by atoms with Crippen LogP contribution < -0.4 is 4.74 Å². The van der Waals surface area contributed by atoms with Crippen LogP contribution in [0.25, 0.3) is 0 Å². The number of ketones is 1. The molecular formula is C15H19NO2. The molecule has 0 saturated heterocycles. The Kier molecular flexibility index (Phi) is 4.49. The first kappa shape index (κ1) is 14.2. The number of carbonyl (C=O) groups excluding carboxylic acids is 1. The number of benzene rings is 1.